The first-order valence-electron chi connectivity index (χ1n) is 8.88. The molecule has 0 spiro atoms. The Morgan fingerprint density at radius 3 is 2.28 bits per heavy atom. The second-order valence-electron chi connectivity index (χ2n) is 6.33. The Morgan fingerprint density at radius 1 is 1.07 bits per heavy atom. The van der Waals surface area contributed by atoms with Gasteiger partial charge in [-0.25, -0.2) is 0 Å². The normalized spacial score (nSPS) is 12.5. The van der Waals surface area contributed by atoms with Crippen LogP contribution in [0.25, 0.3) is 0 Å². The van der Waals surface area contributed by atoms with E-state index in [2.05, 4.69) is 10.6 Å². The molecule has 0 aromatic heterocycles. The summed E-state index contributed by atoms with van der Waals surface area (Å²) in [6.45, 7) is 3.48. The minimum Gasteiger partial charge on any atom is -0.325 e. The standard InChI is InChI=1S/C20H21ClF3N3O2/c1-3-27(13(2)19(29)25-15-10-8-14(21)9-11-15)12-18(28)26-17-7-5-4-6-16(17)20(22,23)24/h4-11,13H,3,12H2,1-2H3,(H,25,29)(H,26,28). The number of carbonyl (C=O) groups excluding carboxylic acids is 2. The topological polar surface area (TPSA) is 61.4 Å². The first-order chi connectivity index (χ1) is 13.6. The van der Waals surface area contributed by atoms with Gasteiger partial charge in [-0.05, 0) is 49.9 Å². The first kappa shape index (κ1) is 22.7. The number of rotatable bonds is 7. The number of hydrogen-bond donors (Lipinski definition) is 2. The molecule has 0 aliphatic rings. The van der Waals surface area contributed by atoms with Crippen LogP contribution in [0, 0.1) is 0 Å². The van der Waals surface area contributed by atoms with Gasteiger partial charge >= 0.3 is 6.18 Å². The lowest BCUT2D eigenvalue weighted by Crippen LogP contribution is -2.45. The lowest BCUT2D eigenvalue weighted by Gasteiger charge is -2.26. The number of carbonyl (C=O) groups is 2. The van der Waals surface area contributed by atoms with Gasteiger partial charge in [-0.3, -0.25) is 14.5 Å². The fraction of sp³-hybridized carbons (Fsp3) is 0.300. The van der Waals surface area contributed by atoms with E-state index in [0.29, 0.717) is 17.3 Å². The van der Waals surface area contributed by atoms with E-state index in [1.807, 2.05) is 0 Å². The second-order valence-corrected chi connectivity index (χ2v) is 6.76. The summed E-state index contributed by atoms with van der Waals surface area (Å²) >= 11 is 5.81. The summed E-state index contributed by atoms with van der Waals surface area (Å²) in [4.78, 5) is 26.3. The Balaban J connectivity index is 2.02. The summed E-state index contributed by atoms with van der Waals surface area (Å²) in [6, 6.07) is 10.6. The van der Waals surface area contributed by atoms with Crippen LogP contribution in [0.4, 0.5) is 24.5 Å². The maximum absolute atomic E-state index is 13.1. The maximum atomic E-state index is 13.1. The van der Waals surface area contributed by atoms with Crippen LogP contribution in [0.2, 0.25) is 5.02 Å². The molecule has 2 amide bonds. The molecule has 29 heavy (non-hydrogen) atoms. The van der Waals surface area contributed by atoms with Crippen LogP contribution in [-0.2, 0) is 15.8 Å². The first-order valence-corrected chi connectivity index (χ1v) is 9.26. The van der Waals surface area contributed by atoms with Crippen molar-refractivity contribution in [1.82, 2.24) is 4.90 Å². The summed E-state index contributed by atoms with van der Waals surface area (Å²) in [5.74, 6) is -0.993. The van der Waals surface area contributed by atoms with Crippen molar-refractivity contribution in [3.05, 3.63) is 59.1 Å². The highest BCUT2D eigenvalue weighted by Gasteiger charge is 2.33. The molecular formula is C20H21ClF3N3O2. The molecule has 2 rings (SSSR count). The van der Waals surface area contributed by atoms with Gasteiger partial charge in [0, 0.05) is 10.7 Å². The molecule has 2 N–H and O–H groups in total. The number of likely N-dealkylation sites (N-methyl/N-ethyl adjacent to an activating group) is 1. The van der Waals surface area contributed by atoms with Crippen molar-refractivity contribution >= 4 is 34.8 Å². The van der Waals surface area contributed by atoms with Gasteiger partial charge in [-0.2, -0.15) is 13.2 Å². The van der Waals surface area contributed by atoms with Crippen LogP contribution in [0.3, 0.4) is 0 Å². The number of para-hydroxylation sites is 1. The third-order valence-electron chi connectivity index (χ3n) is 4.30. The molecule has 0 saturated carbocycles. The lowest BCUT2D eigenvalue weighted by molar-refractivity contribution is -0.137. The lowest BCUT2D eigenvalue weighted by atomic mass is 10.1. The van der Waals surface area contributed by atoms with Crippen LogP contribution >= 0.6 is 11.6 Å². The molecule has 9 heteroatoms. The number of anilines is 2. The molecule has 0 saturated heterocycles. The predicted octanol–water partition coefficient (Wildman–Crippen LogP) is 4.65. The van der Waals surface area contributed by atoms with Gasteiger partial charge in [0.15, 0.2) is 0 Å². The van der Waals surface area contributed by atoms with Crippen LogP contribution in [0.1, 0.15) is 19.4 Å². The highest BCUT2D eigenvalue weighted by molar-refractivity contribution is 6.30. The fourth-order valence-electron chi connectivity index (χ4n) is 2.68. The van der Waals surface area contributed by atoms with Crippen molar-refractivity contribution in [2.45, 2.75) is 26.1 Å². The van der Waals surface area contributed by atoms with Crippen LogP contribution < -0.4 is 10.6 Å². The number of alkyl halides is 3. The van der Waals surface area contributed by atoms with E-state index >= 15 is 0 Å². The van der Waals surface area contributed by atoms with Gasteiger partial charge in [-0.1, -0.05) is 30.7 Å². The van der Waals surface area contributed by atoms with Crippen LogP contribution in [-0.4, -0.2) is 35.8 Å². The van der Waals surface area contributed by atoms with Crippen molar-refractivity contribution in [1.29, 1.82) is 0 Å². The second kappa shape index (κ2) is 9.76. The Kier molecular flexibility index (Phi) is 7.64. The third kappa shape index (κ3) is 6.47. The zero-order valence-electron chi connectivity index (χ0n) is 15.9. The molecule has 0 bridgehead atoms. The average Bonchev–Trinajstić information content (AvgIpc) is 2.67. The van der Waals surface area contributed by atoms with Gasteiger partial charge in [0.05, 0.1) is 23.8 Å². The third-order valence-corrected chi connectivity index (χ3v) is 4.55. The average molecular weight is 428 g/mol. The zero-order valence-corrected chi connectivity index (χ0v) is 16.6. The van der Waals surface area contributed by atoms with E-state index in [9.17, 15) is 22.8 Å². The summed E-state index contributed by atoms with van der Waals surface area (Å²) in [5.41, 5.74) is -0.699. The van der Waals surface area contributed by atoms with E-state index in [0.717, 1.165) is 6.07 Å². The molecule has 156 valence electrons. The predicted molar refractivity (Wildman–Crippen MR) is 107 cm³/mol. The molecule has 1 unspecified atom stereocenters. The molecule has 1 atom stereocenters. The molecular weight excluding hydrogens is 407 g/mol. The number of halogens is 4. The van der Waals surface area contributed by atoms with Gasteiger partial charge in [-0.15, -0.1) is 0 Å². The highest BCUT2D eigenvalue weighted by atomic mass is 35.5. The molecule has 0 radical (unpaired) electrons. The molecule has 0 fully saturated rings. The van der Waals surface area contributed by atoms with Crippen molar-refractivity contribution < 1.29 is 22.8 Å². The molecule has 0 aliphatic carbocycles. The van der Waals surface area contributed by atoms with E-state index in [1.165, 1.54) is 18.2 Å². The number of nitrogens with zero attached hydrogens (tertiary/aromatic N) is 1. The minimum absolute atomic E-state index is 0.238. The summed E-state index contributed by atoms with van der Waals surface area (Å²) in [5, 5.41) is 5.53. The highest BCUT2D eigenvalue weighted by Crippen LogP contribution is 2.34. The summed E-state index contributed by atoms with van der Waals surface area (Å²) < 4.78 is 39.2. The van der Waals surface area contributed by atoms with Gasteiger partial charge in [0.25, 0.3) is 0 Å². The summed E-state index contributed by atoms with van der Waals surface area (Å²) in [6.07, 6.45) is -4.58. The maximum Gasteiger partial charge on any atom is 0.418 e. The number of amides is 2. The molecule has 2 aromatic rings. The zero-order chi connectivity index (χ0) is 21.6. The largest absolute Gasteiger partial charge is 0.418 e. The van der Waals surface area contributed by atoms with Crippen molar-refractivity contribution in [3.8, 4) is 0 Å². The Bertz CT molecular complexity index is 857. The Morgan fingerprint density at radius 2 is 1.69 bits per heavy atom. The fourth-order valence-corrected chi connectivity index (χ4v) is 2.81. The number of benzene rings is 2. The Labute approximate surface area is 171 Å². The monoisotopic (exact) mass is 427 g/mol. The minimum atomic E-state index is -4.58. The SMILES string of the molecule is CCN(CC(=O)Nc1ccccc1C(F)(F)F)C(C)C(=O)Nc1ccc(Cl)cc1. The van der Waals surface area contributed by atoms with E-state index < -0.39 is 23.7 Å². The van der Waals surface area contributed by atoms with E-state index in [1.54, 1.807) is 43.0 Å². The molecule has 0 aliphatic heterocycles. The van der Waals surface area contributed by atoms with Crippen molar-refractivity contribution in [2.24, 2.45) is 0 Å². The van der Waals surface area contributed by atoms with E-state index in [4.69, 9.17) is 11.6 Å². The molecule has 5 nitrogen and oxygen atoms in total. The van der Waals surface area contributed by atoms with Gasteiger partial charge in [0.2, 0.25) is 11.8 Å². The smallest absolute Gasteiger partial charge is 0.325 e. The van der Waals surface area contributed by atoms with Crippen molar-refractivity contribution in [3.63, 3.8) is 0 Å². The summed E-state index contributed by atoms with van der Waals surface area (Å²) in [7, 11) is 0. The number of nitrogens with one attached hydrogen (secondary N) is 2. The van der Waals surface area contributed by atoms with Gasteiger partial charge < -0.3 is 10.6 Å². The van der Waals surface area contributed by atoms with Crippen molar-refractivity contribution in [2.75, 3.05) is 23.7 Å². The Hall–Kier alpha value is -2.58. The molecule has 0 heterocycles. The molecule has 2 aromatic carbocycles. The quantitative estimate of drug-likeness (QED) is 0.676. The van der Waals surface area contributed by atoms with Gasteiger partial charge in [0.1, 0.15) is 0 Å². The number of hydrogen-bond acceptors (Lipinski definition) is 3. The van der Waals surface area contributed by atoms with E-state index in [-0.39, 0.29) is 18.1 Å². The van der Waals surface area contributed by atoms with Crippen LogP contribution in [0.15, 0.2) is 48.5 Å². The van der Waals surface area contributed by atoms with Crippen LogP contribution in [0.5, 0.6) is 0 Å².